The summed E-state index contributed by atoms with van der Waals surface area (Å²) in [7, 11) is 0. The van der Waals surface area contributed by atoms with Crippen molar-refractivity contribution in [1.82, 2.24) is 0 Å². The largest absolute Gasteiger partial charge is 0.491 e. The highest BCUT2D eigenvalue weighted by Crippen LogP contribution is 2.17. The molecule has 2 unspecified atom stereocenters. The predicted octanol–water partition coefficient (Wildman–Crippen LogP) is 4.34. The van der Waals surface area contributed by atoms with Crippen molar-refractivity contribution in [2.45, 2.75) is 12.2 Å². The highest BCUT2D eigenvalue weighted by atomic mass is 16.5. The smallest absolute Gasteiger partial charge is 0.193 e. The summed E-state index contributed by atoms with van der Waals surface area (Å²) >= 11 is 0. The zero-order valence-corrected chi connectivity index (χ0v) is 21.3. The molecule has 0 bridgehead atoms. The average molecular weight is 527 g/mol. The van der Waals surface area contributed by atoms with Crippen LogP contribution < -0.4 is 9.47 Å². The van der Waals surface area contributed by atoms with Crippen molar-refractivity contribution in [1.29, 1.82) is 0 Å². The molecule has 0 saturated heterocycles. The number of carbonyl (C=O) groups is 2. The molecule has 0 spiro atoms. The summed E-state index contributed by atoms with van der Waals surface area (Å²) in [6, 6.07) is 31.4. The Morgan fingerprint density at radius 3 is 1.18 bits per heavy atom. The van der Waals surface area contributed by atoms with E-state index in [1.54, 1.807) is 72.8 Å². The molecule has 200 valence electrons. The topological polar surface area (TPSA) is 102 Å². The third kappa shape index (κ3) is 8.35. The van der Waals surface area contributed by atoms with Gasteiger partial charge < -0.3 is 24.4 Å². The van der Waals surface area contributed by atoms with Crippen molar-refractivity contribution in [2.24, 2.45) is 0 Å². The van der Waals surface area contributed by atoms with E-state index in [0.717, 1.165) is 0 Å². The van der Waals surface area contributed by atoms with Crippen LogP contribution >= 0.6 is 0 Å². The number of hydrogen-bond donors (Lipinski definition) is 2. The summed E-state index contributed by atoms with van der Waals surface area (Å²) in [5.74, 6) is 0.883. The van der Waals surface area contributed by atoms with Gasteiger partial charge in [-0.1, -0.05) is 60.7 Å². The molecule has 4 rings (SSSR count). The van der Waals surface area contributed by atoms with Crippen LogP contribution in [0.1, 0.15) is 31.8 Å². The van der Waals surface area contributed by atoms with Crippen molar-refractivity contribution in [3.8, 4) is 11.5 Å². The Labute approximate surface area is 227 Å². The van der Waals surface area contributed by atoms with Gasteiger partial charge in [-0.2, -0.15) is 0 Å². The first-order valence-corrected chi connectivity index (χ1v) is 12.6. The molecule has 39 heavy (non-hydrogen) atoms. The van der Waals surface area contributed by atoms with Crippen LogP contribution in [0.4, 0.5) is 0 Å². The summed E-state index contributed by atoms with van der Waals surface area (Å²) in [6.45, 7) is -0.0743. The molecule has 4 aromatic rings. The van der Waals surface area contributed by atoms with Gasteiger partial charge in [0.05, 0.1) is 13.2 Å². The van der Waals surface area contributed by atoms with Crippen molar-refractivity contribution >= 4 is 11.6 Å². The molecule has 0 saturated carbocycles. The molecular formula is C32H30O7. The highest BCUT2D eigenvalue weighted by molar-refractivity contribution is 6.09. The first kappa shape index (κ1) is 27.7. The molecule has 0 fully saturated rings. The Balaban J connectivity index is 1.12. The molecule has 0 amide bonds. The lowest BCUT2D eigenvalue weighted by Gasteiger charge is -2.16. The number of ketones is 2. The van der Waals surface area contributed by atoms with E-state index >= 15 is 0 Å². The lowest BCUT2D eigenvalue weighted by molar-refractivity contribution is -0.0308. The maximum absolute atomic E-state index is 12.5. The van der Waals surface area contributed by atoms with Crippen LogP contribution in [-0.2, 0) is 4.74 Å². The van der Waals surface area contributed by atoms with Crippen LogP contribution in [0.3, 0.4) is 0 Å². The van der Waals surface area contributed by atoms with Gasteiger partial charge in [0, 0.05) is 22.3 Å². The molecule has 4 aromatic carbocycles. The molecule has 2 N–H and O–H groups in total. The van der Waals surface area contributed by atoms with Crippen LogP contribution in [0.15, 0.2) is 109 Å². The summed E-state index contributed by atoms with van der Waals surface area (Å²) in [5.41, 5.74) is 2.31. The quantitative estimate of drug-likeness (QED) is 0.236. The van der Waals surface area contributed by atoms with E-state index in [9.17, 15) is 19.8 Å². The van der Waals surface area contributed by atoms with E-state index in [1.807, 2.05) is 36.4 Å². The van der Waals surface area contributed by atoms with Crippen LogP contribution in [0.5, 0.6) is 11.5 Å². The van der Waals surface area contributed by atoms with E-state index in [-0.39, 0.29) is 38.0 Å². The number of hydrogen-bond acceptors (Lipinski definition) is 7. The number of aliphatic hydroxyl groups is 2. The van der Waals surface area contributed by atoms with Gasteiger partial charge in [-0.3, -0.25) is 9.59 Å². The van der Waals surface area contributed by atoms with Crippen LogP contribution in [-0.4, -0.2) is 60.4 Å². The third-order valence-corrected chi connectivity index (χ3v) is 5.81. The fourth-order valence-electron chi connectivity index (χ4n) is 3.74. The van der Waals surface area contributed by atoms with Gasteiger partial charge in [0.1, 0.15) is 36.9 Å². The number of benzene rings is 4. The Morgan fingerprint density at radius 2 is 0.821 bits per heavy atom. The van der Waals surface area contributed by atoms with E-state index in [1.165, 1.54) is 0 Å². The van der Waals surface area contributed by atoms with Crippen LogP contribution in [0, 0.1) is 0 Å². The SMILES string of the molecule is O=C(c1ccccc1)c1ccc(OCC(O)COCC(O)COc2ccc(C(=O)c3ccccc3)cc2)cc1. The van der Waals surface area contributed by atoms with Crippen molar-refractivity contribution in [3.63, 3.8) is 0 Å². The zero-order chi connectivity index (χ0) is 27.5. The van der Waals surface area contributed by atoms with Gasteiger partial charge in [-0.15, -0.1) is 0 Å². The van der Waals surface area contributed by atoms with Gasteiger partial charge in [-0.25, -0.2) is 0 Å². The second kappa shape index (κ2) is 14.0. The number of ether oxygens (including phenoxy) is 3. The fourth-order valence-corrected chi connectivity index (χ4v) is 3.74. The molecule has 0 aliphatic rings. The van der Waals surface area contributed by atoms with E-state index in [2.05, 4.69) is 0 Å². The van der Waals surface area contributed by atoms with Gasteiger partial charge in [0.25, 0.3) is 0 Å². The second-order valence-electron chi connectivity index (χ2n) is 8.91. The summed E-state index contributed by atoms with van der Waals surface area (Å²) in [6.07, 6.45) is -1.81. The molecule has 7 heteroatoms. The molecule has 0 aliphatic carbocycles. The second-order valence-corrected chi connectivity index (χ2v) is 8.91. The lowest BCUT2D eigenvalue weighted by atomic mass is 10.0. The Bertz CT molecular complexity index is 1220. The maximum Gasteiger partial charge on any atom is 0.193 e. The average Bonchev–Trinajstić information content (AvgIpc) is 2.99. The van der Waals surface area contributed by atoms with E-state index < -0.39 is 12.2 Å². The minimum absolute atomic E-state index is 0.00732. The van der Waals surface area contributed by atoms with Crippen molar-refractivity contribution in [3.05, 3.63) is 131 Å². The molecule has 0 heterocycles. The molecule has 2 atom stereocenters. The Hall–Kier alpha value is -4.30. The minimum atomic E-state index is -0.904. The van der Waals surface area contributed by atoms with E-state index in [0.29, 0.717) is 33.8 Å². The molecular weight excluding hydrogens is 496 g/mol. The number of carbonyl (C=O) groups excluding carboxylic acids is 2. The fraction of sp³-hybridized carbons (Fsp3) is 0.188. The van der Waals surface area contributed by atoms with Gasteiger partial charge >= 0.3 is 0 Å². The summed E-state index contributed by atoms with van der Waals surface area (Å²) in [5, 5.41) is 20.3. The Morgan fingerprint density at radius 1 is 0.487 bits per heavy atom. The highest BCUT2D eigenvalue weighted by Gasteiger charge is 2.12. The lowest BCUT2D eigenvalue weighted by Crippen LogP contribution is -2.28. The Kier molecular flexibility index (Phi) is 9.97. The van der Waals surface area contributed by atoms with Crippen LogP contribution in [0.2, 0.25) is 0 Å². The molecule has 0 aliphatic heterocycles. The number of rotatable bonds is 14. The first-order chi connectivity index (χ1) is 19.0. The normalized spacial score (nSPS) is 12.4. The van der Waals surface area contributed by atoms with E-state index in [4.69, 9.17) is 14.2 Å². The van der Waals surface area contributed by atoms with Crippen molar-refractivity contribution < 1.29 is 34.0 Å². The summed E-state index contributed by atoms with van der Waals surface area (Å²) in [4.78, 5) is 24.9. The van der Waals surface area contributed by atoms with Crippen molar-refractivity contribution in [2.75, 3.05) is 26.4 Å². The van der Waals surface area contributed by atoms with Crippen LogP contribution in [0.25, 0.3) is 0 Å². The van der Waals surface area contributed by atoms with Gasteiger partial charge in [0.2, 0.25) is 0 Å². The van der Waals surface area contributed by atoms with Gasteiger partial charge in [-0.05, 0) is 48.5 Å². The van der Waals surface area contributed by atoms with Gasteiger partial charge in [0.15, 0.2) is 11.6 Å². The predicted molar refractivity (Wildman–Crippen MR) is 146 cm³/mol. The minimum Gasteiger partial charge on any atom is -0.491 e. The monoisotopic (exact) mass is 526 g/mol. The standard InChI is InChI=1S/C32H30O7/c33-27(21-38-29-15-11-25(12-16-29)31(35)23-7-3-1-4-8-23)19-37-20-28(34)22-39-30-17-13-26(14-18-30)32(36)24-9-5-2-6-10-24/h1-18,27-28,33-34H,19-22H2. The maximum atomic E-state index is 12.5. The molecule has 0 aromatic heterocycles. The number of aliphatic hydroxyl groups excluding tert-OH is 2. The summed E-state index contributed by atoms with van der Waals surface area (Å²) < 4.78 is 16.5. The zero-order valence-electron chi connectivity index (χ0n) is 21.3. The first-order valence-electron chi connectivity index (χ1n) is 12.6. The molecule has 7 nitrogen and oxygen atoms in total. The third-order valence-electron chi connectivity index (χ3n) is 5.81. The molecule has 0 radical (unpaired) electrons.